The summed E-state index contributed by atoms with van der Waals surface area (Å²) in [7, 11) is 0. The molecule has 0 saturated carbocycles. The first-order valence-electron chi connectivity index (χ1n) is 9.42. The topological polar surface area (TPSA) is 52.7 Å². The minimum Gasteiger partial charge on any atom is -0.342 e. The van der Waals surface area contributed by atoms with Gasteiger partial charge >= 0.3 is 6.03 Å². The van der Waals surface area contributed by atoms with Crippen LogP contribution in [0.25, 0.3) is 0 Å². The maximum atomic E-state index is 12.8. The number of hydrogen-bond acceptors (Lipinski definition) is 2. The van der Waals surface area contributed by atoms with Crippen LogP contribution in [0.1, 0.15) is 33.1 Å². The van der Waals surface area contributed by atoms with Crippen molar-refractivity contribution in [3.8, 4) is 0 Å². The Morgan fingerprint density at radius 3 is 2.16 bits per heavy atom. The summed E-state index contributed by atoms with van der Waals surface area (Å²) in [5.74, 6) is 1.54. The number of rotatable bonds is 2. The zero-order valence-corrected chi connectivity index (χ0v) is 15.3. The Hall–Kier alpha value is -2.04. The number of benzene rings is 1. The van der Waals surface area contributed by atoms with E-state index in [2.05, 4.69) is 24.1 Å². The van der Waals surface area contributed by atoms with E-state index < -0.39 is 0 Å². The molecule has 3 amide bonds. The number of nitrogens with one attached hydrogen (secondary N) is 1. The van der Waals surface area contributed by atoms with E-state index in [-0.39, 0.29) is 11.9 Å². The molecule has 0 spiro atoms. The van der Waals surface area contributed by atoms with E-state index >= 15 is 0 Å². The summed E-state index contributed by atoms with van der Waals surface area (Å²) < 4.78 is 0. The van der Waals surface area contributed by atoms with Crippen LogP contribution in [0, 0.1) is 17.8 Å². The fraction of sp³-hybridized carbons (Fsp3) is 0.600. The number of nitrogens with zero attached hydrogens (tertiary/aromatic N) is 2. The van der Waals surface area contributed by atoms with Crippen LogP contribution >= 0.6 is 0 Å². The molecule has 2 fully saturated rings. The van der Waals surface area contributed by atoms with Gasteiger partial charge in [-0.3, -0.25) is 4.79 Å². The van der Waals surface area contributed by atoms with Crippen molar-refractivity contribution < 1.29 is 9.59 Å². The molecule has 1 N–H and O–H groups in total. The third kappa shape index (κ3) is 4.53. The molecule has 1 aromatic carbocycles. The molecule has 0 aromatic heterocycles. The summed E-state index contributed by atoms with van der Waals surface area (Å²) in [4.78, 5) is 29.0. The van der Waals surface area contributed by atoms with Crippen LogP contribution in [0.5, 0.6) is 0 Å². The van der Waals surface area contributed by atoms with E-state index in [1.807, 2.05) is 35.2 Å². The van der Waals surface area contributed by atoms with Gasteiger partial charge in [-0.25, -0.2) is 4.79 Å². The highest BCUT2D eigenvalue weighted by Gasteiger charge is 2.33. The van der Waals surface area contributed by atoms with Gasteiger partial charge in [-0.2, -0.15) is 0 Å². The normalized spacial score (nSPS) is 24.9. The van der Waals surface area contributed by atoms with Gasteiger partial charge in [-0.05, 0) is 43.2 Å². The predicted octanol–water partition coefficient (Wildman–Crippen LogP) is 3.44. The van der Waals surface area contributed by atoms with Crippen LogP contribution in [0.3, 0.4) is 0 Å². The van der Waals surface area contributed by atoms with Crippen molar-refractivity contribution in [1.29, 1.82) is 0 Å². The second kappa shape index (κ2) is 7.89. The highest BCUT2D eigenvalue weighted by atomic mass is 16.2. The molecule has 25 heavy (non-hydrogen) atoms. The van der Waals surface area contributed by atoms with E-state index in [9.17, 15) is 9.59 Å². The third-order valence-electron chi connectivity index (χ3n) is 5.34. The zero-order valence-electron chi connectivity index (χ0n) is 15.3. The Labute approximate surface area is 150 Å². The smallest absolute Gasteiger partial charge is 0.321 e. The predicted molar refractivity (Wildman–Crippen MR) is 99.3 cm³/mol. The first-order chi connectivity index (χ1) is 12.0. The van der Waals surface area contributed by atoms with Gasteiger partial charge in [0.05, 0.1) is 0 Å². The molecule has 2 atom stereocenters. The highest BCUT2D eigenvalue weighted by molar-refractivity contribution is 5.89. The van der Waals surface area contributed by atoms with E-state index in [0.29, 0.717) is 30.8 Å². The maximum absolute atomic E-state index is 12.8. The molecule has 0 aliphatic carbocycles. The molecule has 2 saturated heterocycles. The quantitative estimate of drug-likeness (QED) is 0.894. The number of amides is 3. The second-order valence-corrected chi connectivity index (χ2v) is 7.75. The van der Waals surface area contributed by atoms with E-state index in [1.54, 1.807) is 0 Å². The summed E-state index contributed by atoms with van der Waals surface area (Å²) in [6.07, 6.45) is 2.74. The number of likely N-dealkylation sites (tertiary alicyclic amines) is 2. The van der Waals surface area contributed by atoms with E-state index in [4.69, 9.17) is 0 Å². The zero-order chi connectivity index (χ0) is 17.8. The van der Waals surface area contributed by atoms with Gasteiger partial charge in [-0.1, -0.05) is 32.0 Å². The van der Waals surface area contributed by atoms with Crippen LogP contribution in [0.4, 0.5) is 10.5 Å². The molecule has 5 heteroatoms. The molecule has 2 aliphatic heterocycles. The van der Waals surface area contributed by atoms with Crippen molar-refractivity contribution in [1.82, 2.24) is 9.80 Å². The fourth-order valence-corrected chi connectivity index (χ4v) is 4.15. The fourth-order valence-electron chi connectivity index (χ4n) is 4.15. The summed E-state index contributed by atoms with van der Waals surface area (Å²) in [6.45, 7) is 7.52. The Balaban J connectivity index is 1.49. The molecule has 2 aliphatic rings. The average molecular weight is 343 g/mol. The van der Waals surface area contributed by atoms with Crippen molar-refractivity contribution in [3.63, 3.8) is 0 Å². The standard InChI is InChI=1S/C20H29N3O2/c1-15-12-16(2)14-23(13-15)19(24)17-8-10-22(11-9-17)20(25)21-18-6-4-3-5-7-18/h3-7,15-17H,8-14H2,1-2H3,(H,21,25)/t15-,16+. The first kappa shape index (κ1) is 17.8. The van der Waals surface area contributed by atoms with Gasteiger partial charge in [0.15, 0.2) is 0 Å². The van der Waals surface area contributed by atoms with Crippen molar-refractivity contribution in [2.24, 2.45) is 17.8 Å². The number of piperidine rings is 2. The first-order valence-corrected chi connectivity index (χ1v) is 9.42. The lowest BCUT2D eigenvalue weighted by atomic mass is 9.89. The van der Waals surface area contributed by atoms with E-state index in [1.165, 1.54) is 6.42 Å². The lowest BCUT2D eigenvalue weighted by Crippen LogP contribution is -2.49. The largest absolute Gasteiger partial charge is 0.342 e. The van der Waals surface area contributed by atoms with Crippen LogP contribution in [-0.4, -0.2) is 47.9 Å². The lowest BCUT2D eigenvalue weighted by Gasteiger charge is -2.39. The van der Waals surface area contributed by atoms with Crippen LogP contribution < -0.4 is 5.32 Å². The Kier molecular flexibility index (Phi) is 5.61. The molecule has 3 rings (SSSR count). The maximum Gasteiger partial charge on any atom is 0.321 e. The summed E-state index contributed by atoms with van der Waals surface area (Å²) in [6, 6.07) is 9.43. The van der Waals surface area contributed by atoms with Gasteiger partial charge in [0.2, 0.25) is 5.91 Å². The monoisotopic (exact) mass is 343 g/mol. The number of para-hydroxylation sites is 1. The minimum absolute atomic E-state index is 0.0678. The van der Waals surface area contributed by atoms with Crippen LogP contribution in [0.2, 0.25) is 0 Å². The number of urea groups is 1. The lowest BCUT2D eigenvalue weighted by molar-refractivity contribution is -0.139. The van der Waals surface area contributed by atoms with E-state index in [0.717, 1.165) is 31.6 Å². The molecular weight excluding hydrogens is 314 g/mol. The van der Waals surface area contributed by atoms with Crippen LogP contribution in [-0.2, 0) is 4.79 Å². The molecule has 5 nitrogen and oxygen atoms in total. The molecule has 0 bridgehead atoms. The third-order valence-corrected chi connectivity index (χ3v) is 5.34. The van der Waals surface area contributed by atoms with Gasteiger partial charge in [0, 0.05) is 37.8 Å². The number of carbonyl (C=O) groups excluding carboxylic acids is 2. The summed E-state index contributed by atoms with van der Waals surface area (Å²) in [5.41, 5.74) is 0.807. The molecule has 0 unspecified atom stereocenters. The van der Waals surface area contributed by atoms with Gasteiger partial charge in [-0.15, -0.1) is 0 Å². The molecule has 1 aromatic rings. The average Bonchev–Trinajstić information content (AvgIpc) is 2.61. The number of hydrogen-bond donors (Lipinski definition) is 1. The number of carbonyl (C=O) groups is 2. The Morgan fingerprint density at radius 2 is 1.56 bits per heavy atom. The number of anilines is 1. The Bertz CT molecular complexity index is 586. The molecular formula is C20H29N3O2. The molecule has 136 valence electrons. The van der Waals surface area contributed by atoms with Gasteiger partial charge in [0.1, 0.15) is 0 Å². The van der Waals surface area contributed by atoms with Crippen molar-refractivity contribution >= 4 is 17.6 Å². The molecule has 0 radical (unpaired) electrons. The second-order valence-electron chi connectivity index (χ2n) is 7.75. The van der Waals surface area contributed by atoms with Crippen molar-refractivity contribution in [2.45, 2.75) is 33.1 Å². The van der Waals surface area contributed by atoms with Gasteiger partial charge in [0.25, 0.3) is 0 Å². The molecule has 2 heterocycles. The van der Waals surface area contributed by atoms with Gasteiger partial charge < -0.3 is 15.1 Å². The SMILES string of the molecule is C[C@@H]1C[C@H](C)CN(C(=O)C2CCN(C(=O)Nc3ccccc3)CC2)C1. The van der Waals surface area contributed by atoms with Crippen molar-refractivity contribution in [2.75, 3.05) is 31.5 Å². The van der Waals surface area contributed by atoms with Crippen molar-refractivity contribution in [3.05, 3.63) is 30.3 Å². The minimum atomic E-state index is -0.0719. The summed E-state index contributed by atoms with van der Waals surface area (Å²) >= 11 is 0. The summed E-state index contributed by atoms with van der Waals surface area (Å²) in [5, 5.41) is 2.92. The highest BCUT2D eigenvalue weighted by Crippen LogP contribution is 2.26. The Morgan fingerprint density at radius 1 is 0.960 bits per heavy atom. The van der Waals surface area contributed by atoms with Crippen LogP contribution in [0.15, 0.2) is 30.3 Å².